The van der Waals surface area contributed by atoms with Crippen molar-refractivity contribution in [3.05, 3.63) is 24.0 Å². The molecule has 4 heteroatoms. The van der Waals surface area contributed by atoms with Crippen LogP contribution in [0.4, 0.5) is 0 Å². The van der Waals surface area contributed by atoms with E-state index < -0.39 is 0 Å². The van der Waals surface area contributed by atoms with Crippen LogP contribution >= 0.6 is 11.6 Å². The molecule has 0 aliphatic heterocycles. The molecular formula is C14H19ClN2O. The highest BCUT2D eigenvalue weighted by Crippen LogP contribution is 2.10. The highest BCUT2D eigenvalue weighted by atomic mass is 35.5. The Kier molecular flexibility index (Phi) is 7.24. The van der Waals surface area contributed by atoms with Gasteiger partial charge in [-0.05, 0) is 19.2 Å². The fourth-order valence-electron chi connectivity index (χ4n) is 1.53. The van der Waals surface area contributed by atoms with Crippen molar-refractivity contribution in [3.63, 3.8) is 0 Å². The SMILES string of the molecule is CCN(CC)CCOc1cncc(C#CCCl)c1. The second-order valence-electron chi connectivity index (χ2n) is 3.72. The van der Waals surface area contributed by atoms with E-state index in [1.54, 1.807) is 12.4 Å². The van der Waals surface area contributed by atoms with Gasteiger partial charge in [-0.15, -0.1) is 11.6 Å². The van der Waals surface area contributed by atoms with Gasteiger partial charge in [0.05, 0.1) is 12.1 Å². The molecule has 0 saturated heterocycles. The van der Waals surface area contributed by atoms with Crippen LogP contribution in [0.5, 0.6) is 5.75 Å². The van der Waals surface area contributed by atoms with Crippen LogP contribution in [0, 0.1) is 11.8 Å². The van der Waals surface area contributed by atoms with Crippen molar-refractivity contribution in [1.82, 2.24) is 9.88 Å². The number of hydrogen-bond donors (Lipinski definition) is 0. The molecule has 0 bridgehead atoms. The molecule has 0 fully saturated rings. The van der Waals surface area contributed by atoms with Gasteiger partial charge in [0.15, 0.2) is 0 Å². The first kappa shape index (κ1) is 14.8. The van der Waals surface area contributed by atoms with Crippen molar-refractivity contribution in [1.29, 1.82) is 0 Å². The maximum Gasteiger partial charge on any atom is 0.138 e. The molecule has 0 radical (unpaired) electrons. The molecule has 0 aliphatic rings. The summed E-state index contributed by atoms with van der Waals surface area (Å²) >= 11 is 5.51. The average molecular weight is 267 g/mol. The molecule has 3 nitrogen and oxygen atoms in total. The summed E-state index contributed by atoms with van der Waals surface area (Å²) in [6, 6.07) is 1.88. The summed E-state index contributed by atoms with van der Waals surface area (Å²) in [5.41, 5.74) is 0.830. The third-order valence-corrected chi connectivity index (χ3v) is 2.72. The fraction of sp³-hybridized carbons (Fsp3) is 0.500. The predicted octanol–water partition coefficient (Wildman–Crippen LogP) is 2.39. The summed E-state index contributed by atoms with van der Waals surface area (Å²) in [6.45, 7) is 7.96. The number of nitrogens with zero attached hydrogens (tertiary/aromatic N) is 2. The number of pyridine rings is 1. The number of hydrogen-bond acceptors (Lipinski definition) is 3. The van der Waals surface area contributed by atoms with Crippen molar-refractivity contribution < 1.29 is 4.74 Å². The highest BCUT2D eigenvalue weighted by molar-refractivity contribution is 6.19. The van der Waals surface area contributed by atoms with Crippen molar-refractivity contribution >= 4 is 11.6 Å². The first-order valence-corrected chi connectivity index (χ1v) is 6.68. The Bertz CT molecular complexity index is 408. The van der Waals surface area contributed by atoms with Crippen molar-refractivity contribution in [2.45, 2.75) is 13.8 Å². The third kappa shape index (κ3) is 5.39. The van der Waals surface area contributed by atoms with Crippen LogP contribution in [-0.2, 0) is 0 Å². The van der Waals surface area contributed by atoms with Crippen LogP contribution in [-0.4, -0.2) is 42.0 Å². The summed E-state index contributed by atoms with van der Waals surface area (Å²) in [5, 5.41) is 0. The maximum atomic E-state index is 5.66. The predicted molar refractivity (Wildman–Crippen MR) is 75.1 cm³/mol. The lowest BCUT2D eigenvalue weighted by Gasteiger charge is -2.17. The molecule has 0 spiro atoms. The minimum atomic E-state index is 0.326. The molecule has 98 valence electrons. The summed E-state index contributed by atoms with van der Waals surface area (Å²) in [5.74, 6) is 6.80. The number of alkyl halides is 1. The largest absolute Gasteiger partial charge is 0.491 e. The van der Waals surface area contributed by atoms with E-state index in [0.717, 1.165) is 30.9 Å². The van der Waals surface area contributed by atoms with Gasteiger partial charge in [0.25, 0.3) is 0 Å². The molecule has 1 rings (SSSR count). The van der Waals surface area contributed by atoms with Gasteiger partial charge < -0.3 is 9.64 Å². The number of likely N-dealkylation sites (N-methyl/N-ethyl adjacent to an activating group) is 1. The van der Waals surface area contributed by atoms with Crippen LogP contribution in [0.15, 0.2) is 18.5 Å². The van der Waals surface area contributed by atoms with E-state index >= 15 is 0 Å². The van der Waals surface area contributed by atoms with Gasteiger partial charge in [0.2, 0.25) is 0 Å². The monoisotopic (exact) mass is 266 g/mol. The molecule has 1 aromatic rings. The van der Waals surface area contributed by atoms with E-state index in [2.05, 4.69) is 35.6 Å². The van der Waals surface area contributed by atoms with E-state index in [0.29, 0.717) is 12.5 Å². The molecular weight excluding hydrogens is 248 g/mol. The summed E-state index contributed by atoms with van der Waals surface area (Å²) in [4.78, 5) is 6.40. The Hall–Kier alpha value is -1.24. The lowest BCUT2D eigenvalue weighted by Crippen LogP contribution is -2.27. The number of ether oxygens (including phenoxy) is 1. The lowest BCUT2D eigenvalue weighted by molar-refractivity contribution is 0.222. The molecule has 0 atom stereocenters. The second-order valence-corrected chi connectivity index (χ2v) is 3.99. The first-order valence-electron chi connectivity index (χ1n) is 6.15. The van der Waals surface area contributed by atoms with Crippen molar-refractivity contribution in [3.8, 4) is 17.6 Å². The van der Waals surface area contributed by atoms with E-state index in [1.807, 2.05) is 6.07 Å². The zero-order valence-corrected chi connectivity index (χ0v) is 11.7. The van der Waals surface area contributed by atoms with Gasteiger partial charge >= 0.3 is 0 Å². The van der Waals surface area contributed by atoms with Gasteiger partial charge in [-0.1, -0.05) is 25.7 Å². The quantitative estimate of drug-likeness (QED) is 0.584. The highest BCUT2D eigenvalue weighted by Gasteiger charge is 2.00. The van der Waals surface area contributed by atoms with Crippen LogP contribution in [0.3, 0.4) is 0 Å². The van der Waals surface area contributed by atoms with E-state index in [-0.39, 0.29) is 0 Å². The Morgan fingerprint density at radius 3 is 2.78 bits per heavy atom. The van der Waals surface area contributed by atoms with E-state index in [4.69, 9.17) is 16.3 Å². The normalized spacial score (nSPS) is 10.0. The third-order valence-electron chi connectivity index (χ3n) is 2.58. The van der Waals surface area contributed by atoms with E-state index in [9.17, 15) is 0 Å². The van der Waals surface area contributed by atoms with Gasteiger partial charge in [0, 0.05) is 18.3 Å². The summed E-state index contributed by atoms with van der Waals surface area (Å²) in [7, 11) is 0. The minimum Gasteiger partial charge on any atom is -0.491 e. The Morgan fingerprint density at radius 1 is 1.33 bits per heavy atom. The molecule has 0 unspecified atom stereocenters. The van der Waals surface area contributed by atoms with Crippen LogP contribution in [0.1, 0.15) is 19.4 Å². The lowest BCUT2D eigenvalue weighted by atomic mass is 10.3. The van der Waals surface area contributed by atoms with Crippen LogP contribution < -0.4 is 4.74 Å². The Morgan fingerprint density at radius 2 is 2.11 bits per heavy atom. The smallest absolute Gasteiger partial charge is 0.138 e. The van der Waals surface area contributed by atoms with Crippen LogP contribution in [0.2, 0.25) is 0 Å². The molecule has 0 aromatic carbocycles. The molecule has 0 N–H and O–H groups in total. The summed E-state index contributed by atoms with van der Waals surface area (Å²) < 4.78 is 5.66. The molecule has 0 saturated carbocycles. The van der Waals surface area contributed by atoms with Gasteiger partial charge in [-0.3, -0.25) is 4.98 Å². The van der Waals surface area contributed by atoms with Gasteiger partial charge in [-0.25, -0.2) is 0 Å². The minimum absolute atomic E-state index is 0.326. The first-order chi connectivity index (χ1) is 8.80. The van der Waals surface area contributed by atoms with Gasteiger partial charge in [0.1, 0.15) is 12.4 Å². The topological polar surface area (TPSA) is 25.4 Å². The fourth-order valence-corrected chi connectivity index (χ4v) is 1.60. The van der Waals surface area contributed by atoms with Crippen molar-refractivity contribution in [2.75, 3.05) is 32.1 Å². The van der Waals surface area contributed by atoms with E-state index in [1.165, 1.54) is 0 Å². The standard InChI is InChI=1S/C14H19ClN2O/c1-3-17(4-2)8-9-18-14-10-13(6-5-7-15)11-16-12-14/h10-12H,3-4,7-9H2,1-2H3. The molecule has 0 amide bonds. The zero-order valence-electron chi connectivity index (χ0n) is 10.9. The zero-order chi connectivity index (χ0) is 13.2. The van der Waals surface area contributed by atoms with Crippen molar-refractivity contribution in [2.24, 2.45) is 0 Å². The summed E-state index contributed by atoms with van der Waals surface area (Å²) in [6.07, 6.45) is 3.41. The maximum absolute atomic E-state index is 5.66. The van der Waals surface area contributed by atoms with Crippen LogP contribution in [0.25, 0.3) is 0 Å². The second kappa shape index (κ2) is 8.79. The molecule has 1 heterocycles. The number of rotatable bonds is 6. The molecule has 18 heavy (non-hydrogen) atoms. The average Bonchev–Trinajstić information content (AvgIpc) is 2.42. The molecule has 0 aliphatic carbocycles. The Balaban J connectivity index is 2.47. The molecule has 1 aromatic heterocycles. The number of halogens is 1. The Labute approximate surface area is 114 Å². The van der Waals surface area contributed by atoms with Gasteiger partial charge in [-0.2, -0.15) is 0 Å². The number of aromatic nitrogens is 1.